The van der Waals surface area contributed by atoms with Crippen LogP contribution in [-0.2, 0) is 0 Å². The van der Waals surface area contributed by atoms with Gasteiger partial charge in [0, 0.05) is 5.54 Å². The van der Waals surface area contributed by atoms with Crippen LogP contribution in [0.5, 0.6) is 0 Å². The third-order valence-corrected chi connectivity index (χ3v) is 2.10. The zero-order valence-electron chi connectivity index (χ0n) is 4.22. The van der Waals surface area contributed by atoms with Crippen molar-refractivity contribution >= 4 is 9.46 Å². The van der Waals surface area contributed by atoms with E-state index < -0.39 is 15.0 Å². The molecule has 8 heavy (non-hydrogen) atoms. The van der Waals surface area contributed by atoms with E-state index in [1.165, 1.54) is 0 Å². The molecule has 1 aliphatic rings. The normalized spacial score (nSPS) is 18.9. The molecule has 1 rings (SSSR count). The first-order valence-corrected chi connectivity index (χ1v) is 3.98. The maximum atomic E-state index is 11.8. The van der Waals surface area contributed by atoms with Crippen LogP contribution in [0.3, 0.4) is 0 Å². The SMILES string of the molecule is F[SiH](F)C1C=CC=C1. The molecule has 0 heterocycles. The van der Waals surface area contributed by atoms with Gasteiger partial charge in [0.05, 0.1) is 0 Å². The largest absolute Gasteiger partial charge is 0.421 e. The first kappa shape index (κ1) is 5.69. The Morgan fingerprint density at radius 3 is 1.88 bits per heavy atom. The van der Waals surface area contributed by atoms with Crippen LogP contribution in [-0.4, -0.2) is 9.46 Å². The van der Waals surface area contributed by atoms with Crippen LogP contribution < -0.4 is 0 Å². The fourth-order valence-corrected chi connectivity index (χ4v) is 1.21. The third kappa shape index (κ3) is 1.04. The van der Waals surface area contributed by atoms with Crippen LogP contribution in [0.2, 0.25) is 5.54 Å². The fourth-order valence-electron chi connectivity index (χ4n) is 0.617. The Hall–Kier alpha value is -0.443. The number of hydrogen-bond donors (Lipinski definition) is 0. The average Bonchev–Trinajstić information content (AvgIpc) is 2.12. The monoisotopic (exact) mass is 132 g/mol. The molecule has 1 aliphatic carbocycles. The second-order valence-electron chi connectivity index (χ2n) is 1.68. The Labute approximate surface area is 48.5 Å². The number of rotatable bonds is 1. The summed E-state index contributed by atoms with van der Waals surface area (Å²) in [5.41, 5.74) is -0.491. The summed E-state index contributed by atoms with van der Waals surface area (Å²) < 4.78 is 23.6. The molecule has 0 atom stereocenters. The molecule has 0 aliphatic heterocycles. The zero-order valence-corrected chi connectivity index (χ0v) is 5.37. The van der Waals surface area contributed by atoms with Gasteiger partial charge < -0.3 is 0 Å². The van der Waals surface area contributed by atoms with Gasteiger partial charge in [0.15, 0.2) is 0 Å². The van der Waals surface area contributed by atoms with Crippen LogP contribution in [0.25, 0.3) is 0 Å². The topological polar surface area (TPSA) is 0 Å². The van der Waals surface area contributed by atoms with E-state index in [-0.39, 0.29) is 0 Å². The Morgan fingerprint density at radius 1 is 1.12 bits per heavy atom. The molecule has 0 radical (unpaired) electrons. The standard InChI is InChI=1S/C5H6F2Si/c6-8(7)5-3-1-2-4-5/h1-5,8H. The molecule has 0 aromatic carbocycles. The second-order valence-corrected chi connectivity index (χ2v) is 3.12. The first-order valence-electron chi connectivity index (χ1n) is 2.44. The molecule has 0 bridgehead atoms. The molecule has 0 saturated carbocycles. The number of hydrogen-bond acceptors (Lipinski definition) is 0. The predicted molar refractivity (Wildman–Crippen MR) is 31.4 cm³/mol. The summed E-state index contributed by atoms with van der Waals surface area (Å²) in [6.45, 7) is 0. The zero-order chi connectivity index (χ0) is 5.98. The molecule has 0 aromatic heterocycles. The molecule has 0 fully saturated rings. The van der Waals surface area contributed by atoms with Crippen LogP contribution >= 0.6 is 0 Å². The Morgan fingerprint density at radius 2 is 1.62 bits per heavy atom. The minimum atomic E-state index is -3.40. The van der Waals surface area contributed by atoms with Crippen molar-refractivity contribution < 1.29 is 8.22 Å². The summed E-state index contributed by atoms with van der Waals surface area (Å²) in [6, 6.07) is 0. The Bertz CT molecular complexity index is 116. The van der Waals surface area contributed by atoms with Gasteiger partial charge in [-0.25, -0.2) is 0 Å². The van der Waals surface area contributed by atoms with Gasteiger partial charge in [0.25, 0.3) is 0 Å². The molecule has 0 nitrogen and oxygen atoms in total. The lowest BCUT2D eigenvalue weighted by molar-refractivity contribution is 0.649. The van der Waals surface area contributed by atoms with Crippen molar-refractivity contribution in [3.05, 3.63) is 24.3 Å². The van der Waals surface area contributed by atoms with E-state index in [0.717, 1.165) is 0 Å². The molecular weight excluding hydrogens is 126 g/mol. The Balaban J connectivity index is 2.49. The van der Waals surface area contributed by atoms with Crippen LogP contribution in [0, 0.1) is 0 Å². The lowest BCUT2D eigenvalue weighted by atomic mass is 10.5. The summed E-state index contributed by atoms with van der Waals surface area (Å²) in [5, 5.41) is 0. The smallest absolute Gasteiger partial charge is 0.274 e. The van der Waals surface area contributed by atoms with Gasteiger partial charge in [-0.2, -0.15) is 0 Å². The van der Waals surface area contributed by atoms with Gasteiger partial charge in [0.1, 0.15) is 0 Å². The quantitative estimate of drug-likeness (QED) is 0.376. The maximum Gasteiger partial charge on any atom is 0.421 e. The van der Waals surface area contributed by atoms with Crippen LogP contribution in [0.4, 0.5) is 8.22 Å². The van der Waals surface area contributed by atoms with E-state index in [9.17, 15) is 8.22 Å². The van der Waals surface area contributed by atoms with Crippen molar-refractivity contribution in [2.45, 2.75) is 5.54 Å². The summed E-state index contributed by atoms with van der Waals surface area (Å²) >= 11 is 0. The predicted octanol–water partition coefficient (Wildman–Crippen LogP) is 1.64. The number of allylic oxidation sites excluding steroid dienone is 4. The van der Waals surface area contributed by atoms with Crippen LogP contribution in [0.1, 0.15) is 0 Å². The highest BCUT2D eigenvalue weighted by atomic mass is 28.4. The van der Waals surface area contributed by atoms with E-state index in [0.29, 0.717) is 0 Å². The summed E-state index contributed by atoms with van der Waals surface area (Å²) in [4.78, 5) is 0. The van der Waals surface area contributed by atoms with Crippen LogP contribution in [0.15, 0.2) is 24.3 Å². The van der Waals surface area contributed by atoms with Gasteiger partial charge >= 0.3 is 9.46 Å². The van der Waals surface area contributed by atoms with Gasteiger partial charge in [0.2, 0.25) is 0 Å². The molecule has 0 N–H and O–H groups in total. The van der Waals surface area contributed by atoms with Gasteiger partial charge in [-0.1, -0.05) is 24.3 Å². The van der Waals surface area contributed by atoms with Crippen molar-refractivity contribution in [3.8, 4) is 0 Å². The van der Waals surface area contributed by atoms with Crippen molar-refractivity contribution in [2.75, 3.05) is 0 Å². The van der Waals surface area contributed by atoms with E-state index in [4.69, 9.17) is 0 Å². The molecule has 0 saturated heterocycles. The molecule has 0 aromatic rings. The lowest BCUT2D eigenvalue weighted by Gasteiger charge is -1.96. The highest BCUT2D eigenvalue weighted by molar-refractivity contribution is 6.46. The molecule has 44 valence electrons. The van der Waals surface area contributed by atoms with Crippen molar-refractivity contribution in [1.29, 1.82) is 0 Å². The first-order chi connectivity index (χ1) is 3.80. The Kier molecular flexibility index (Phi) is 1.58. The van der Waals surface area contributed by atoms with Crippen molar-refractivity contribution in [3.63, 3.8) is 0 Å². The van der Waals surface area contributed by atoms with E-state index >= 15 is 0 Å². The summed E-state index contributed by atoms with van der Waals surface area (Å²) in [6.07, 6.45) is 6.45. The van der Waals surface area contributed by atoms with E-state index in [1.54, 1.807) is 24.3 Å². The van der Waals surface area contributed by atoms with Gasteiger partial charge in [-0.15, -0.1) is 0 Å². The van der Waals surface area contributed by atoms with Gasteiger partial charge in [-0.05, 0) is 0 Å². The highest BCUT2D eigenvalue weighted by Crippen LogP contribution is 2.20. The minimum Gasteiger partial charge on any atom is -0.274 e. The summed E-state index contributed by atoms with van der Waals surface area (Å²) in [7, 11) is -3.40. The third-order valence-electron chi connectivity index (χ3n) is 1.07. The fraction of sp³-hybridized carbons (Fsp3) is 0.200. The summed E-state index contributed by atoms with van der Waals surface area (Å²) in [5.74, 6) is 0. The minimum absolute atomic E-state index is 0.491. The molecule has 0 unspecified atom stereocenters. The molecule has 0 amide bonds. The van der Waals surface area contributed by atoms with E-state index in [2.05, 4.69) is 0 Å². The van der Waals surface area contributed by atoms with Crippen molar-refractivity contribution in [2.24, 2.45) is 0 Å². The van der Waals surface area contributed by atoms with Crippen molar-refractivity contribution in [1.82, 2.24) is 0 Å². The number of halogens is 2. The highest BCUT2D eigenvalue weighted by Gasteiger charge is 2.18. The van der Waals surface area contributed by atoms with Gasteiger partial charge in [-0.3, -0.25) is 8.22 Å². The second kappa shape index (κ2) is 2.22. The lowest BCUT2D eigenvalue weighted by Crippen LogP contribution is -2.01. The molecular formula is C5H6F2Si. The molecule has 0 spiro atoms. The maximum absolute atomic E-state index is 11.8. The average molecular weight is 132 g/mol. The molecule has 3 heteroatoms. The van der Waals surface area contributed by atoms with E-state index in [1.807, 2.05) is 0 Å².